The van der Waals surface area contributed by atoms with E-state index in [4.69, 9.17) is 5.73 Å². The van der Waals surface area contributed by atoms with Crippen LogP contribution in [0.1, 0.15) is 17.3 Å². The van der Waals surface area contributed by atoms with Gasteiger partial charge in [0.15, 0.2) is 5.82 Å². The molecule has 0 bridgehead atoms. The van der Waals surface area contributed by atoms with Gasteiger partial charge in [-0.1, -0.05) is 17.8 Å². The topological polar surface area (TPSA) is 114 Å². The number of hydrogen-bond donors (Lipinski definition) is 3. The Labute approximate surface area is 152 Å². The molecule has 0 fully saturated rings. The van der Waals surface area contributed by atoms with Crippen LogP contribution in [0.3, 0.4) is 0 Å². The average Bonchev–Trinajstić information content (AvgIpc) is 3.26. The van der Waals surface area contributed by atoms with Gasteiger partial charge in [0.2, 0.25) is 17.0 Å². The zero-order valence-corrected chi connectivity index (χ0v) is 14.9. The van der Waals surface area contributed by atoms with Crippen LogP contribution in [-0.2, 0) is 4.79 Å². The second-order valence-corrected chi connectivity index (χ2v) is 7.39. The molecule has 4 N–H and O–H groups in total. The van der Waals surface area contributed by atoms with E-state index in [0.29, 0.717) is 22.2 Å². The average molecular weight is 373 g/mol. The monoisotopic (exact) mass is 373 g/mol. The number of nitrogens with zero attached hydrogens (tertiary/aromatic N) is 2. The SMILES string of the molecule is CC(Sc1n[nH]c(-c2cccs2)n1)C(=O)Nc1ccc(C(N)=O)cc1. The molecule has 7 nitrogen and oxygen atoms in total. The fourth-order valence-corrected chi connectivity index (χ4v) is 3.38. The van der Waals surface area contributed by atoms with Crippen LogP contribution in [0.15, 0.2) is 46.9 Å². The minimum atomic E-state index is -0.507. The molecule has 2 aromatic heterocycles. The number of carbonyl (C=O) groups excluding carboxylic acids is 2. The molecule has 25 heavy (non-hydrogen) atoms. The molecule has 0 saturated carbocycles. The van der Waals surface area contributed by atoms with E-state index in [1.54, 1.807) is 42.5 Å². The fraction of sp³-hybridized carbons (Fsp3) is 0.125. The highest BCUT2D eigenvalue weighted by molar-refractivity contribution is 8.00. The first-order valence-corrected chi connectivity index (χ1v) is 9.12. The van der Waals surface area contributed by atoms with Crippen LogP contribution >= 0.6 is 23.1 Å². The molecule has 128 valence electrons. The summed E-state index contributed by atoms with van der Waals surface area (Å²) in [5.74, 6) is -0.000557. The van der Waals surface area contributed by atoms with E-state index in [-0.39, 0.29) is 11.2 Å². The number of anilines is 1. The van der Waals surface area contributed by atoms with Gasteiger partial charge in [0, 0.05) is 11.3 Å². The van der Waals surface area contributed by atoms with Crippen LogP contribution in [0.25, 0.3) is 10.7 Å². The van der Waals surface area contributed by atoms with Crippen LogP contribution in [0.2, 0.25) is 0 Å². The van der Waals surface area contributed by atoms with Crippen molar-refractivity contribution >= 4 is 40.6 Å². The number of thiophene rings is 1. The van der Waals surface area contributed by atoms with E-state index in [1.165, 1.54) is 11.8 Å². The van der Waals surface area contributed by atoms with Gasteiger partial charge in [-0.2, -0.15) is 0 Å². The first kappa shape index (κ1) is 17.2. The molecule has 0 radical (unpaired) electrons. The maximum atomic E-state index is 12.3. The third-order valence-corrected chi connectivity index (χ3v) is 5.15. The lowest BCUT2D eigenvalue weighted by Crippen LogP contribution is -2.22. The van der Waals surface area contributed by atoms with Crippen LogP contribution in [0.5, 0.6) is 0 Å². The molecular weight excluding hydrogens is 358 g/mol. The van der Waals surface area contributed by atoms with Gasteiger partial charge in [-0.25, -0.2) is 4.98 Å². The summed E-state index contributed by atoms with van der Waals surface area (Å²) in [7, 11) is 0. The first-order chi connectivity index (χ1) is 12.0. The van der Waals surface area contributed by atoms with Gasteiger partial charge in [0.05, 0.1) is 10.1 Å². The number of aromatic amines is 1. The van der Waals surface area contributed by atoms with Crippen LogP contribution in [0.4, 0.5) is 5.69 Å². The van der Waals surface area contributed by atoms with Gasteiger partial charge in [-0.05, 0) is 42.6 Å². The van der Waals surface area contributed by atoms with E-state index in [1.807, 2.05) is 17.5 Å². The van der Waals surface area contributed by atoms with Crippen molar-refractivity contribution in [3.8, 4) is 10.7 Å². The number of benzene rings is 1. The van der Waals surface area contributed by atoms with Crippen molar-refractivity contribution in [1.29, 1.82) is 0 Å². The second-order valence-electron chi connectivity index (χ2n) is 5.13. The number of aromatic nitrogens is 3. The smallest absolute Gasteiger partial charge is 0.248 e. The number of primary amides is 1. The molecular formula is C16H15N5O2S2. The number of nitrogens with one attached hydrogen (secondary N) is 2. The predicted molar refractivity (Wildman–Crippen MR) is 98.6 cm³/mol. The summed E-state index contributed by atoms with van der Waals surface area (Å²) >= 11 is 2.83. The first-order valence-electron chi connectivity index (χ1n) is 7.36. The standard InChI is InChI=1S/C16H15N5O2S2/c1-9(15(23)18-11-6-4-10(5-7-11)13(17)22)25-16-19-14(20-21-16)12-3-2-8-24-12/h2-9H,1H3,(H2,17,22)(H,18,23)(H,19,20,21). The normalized spacial score (nSPS) is 11.9. The Morgan fingerprint density at radius 1 is 1.28 bits per heavy atom. The molecule has 0 aliphatic heterocycles. The molecule has 1 unspecified atom stereocenters. The highest BCUT2D eigenvalue weighted by atomic mass is 32.2. The maximum Gasteiger partial charge on any atom is 0.248 e. The molecule has 3 aromatic rings. The van der Waals surface area contributed by atoms with Crippen molar-refractivity contribution in [2.24, 2.45) is 5.73 Å². The molecule has 0 spiro atoms. The summed E-state index contributed by atoms with van der Waals surface area (Å²) in [6.07, 6.45) is 0. The zero-order valence-electron chi connectivity index (χ0n) is 13.2. The molecule has 2 amide bonds. The maximum absolute atomic E-state index is 12.3. The lowest BCUT2D eigenvalue weighted by molar-refractivity contribution is -0.115. The van der Waals surface area contributed by atoms with Gasteiger partial charge in [0.25, 0.3) is 0 Å². The lowest BCUT2D eigenvalue weighted by atomic mass is 10.2. The van der Waals surface area contributed by atoms with Crippen LogP contribution in [-0.4, -0.2) is 32.2 Å². The summed E-state index contributed by atoms with van der Waals surface area (Å²) in [5.41, 5.74) is 6.18. The largest absolute Gasteiger partial charge is 0.366 e. The Morgan fingerprint density at radius 3 is 2.68 bits per heavy atom. The van der Waals surface area contributed by atoms with Gasteiger partial charge in [-0.3, -0.25) is 14.7 Å². The number of carbonyl (C=O) groups is 2. The molecule has 0 aliphatic rings. The van der Waals surface area contributed by atoms with Crippen LogP contribution < -0.4 is 11.1 Å². The highest BCUT2D eigenvalue weighted by Crippen LogP contribution is 2.25. The van der Waals surface area contributed by atoms with Gasteiger partial charge < -0.3 is 11.1 Å². The summed E-state index contributed by atoms with van der Waals surface area (Å²) in [6.45, 7) is 1.78. The number of nitrogens with two attached hydrogens (primary N) is 1. The van der Waals surface area contributed by atoms with Crippen molar-refractivity contribution in [3.63, 3.8) is 0 Å². The van der Waals surface area contributed by atoms with Crippen LogP contribution in [0, 0.1) is 0 Å². The number of thioether (sulfide) groups is 1. The van der Waals surface area contributed by atoms with Crippen molar-refractivity contribution in [2.45, 2.75) is 17.3 Å². The predicted octanol–water partition coefficient (Wildman–Crippen LogP) is 2.75. The van der Waals surface area contributed by atoms with E-state index >= 15 is 0 Å². The van der Waals surface area contributed by atoms with Gasteiger partial charge >= 0.3 is 0 Å². The summed E-state index contributed by atoms with van der Waals surface area (Å²) < 4.78 is 0. The number of H-pyrrole nitrogens is 1. The second kappa shape index (κ2) is 7.49. The quantitative estimate of drug-likeness (QED) is 0.575. The fourth-order valence-electron chi connectivity index (χ4n) is 2.00. The van der Waals surface area contributed by atoms with E-state index in [9.17, 15) is 9.59 Å². The Morgan fingerprint density at radius 2 is 2.04 bits per heavy atom. The van der Waals surface area contributed by atoms with E-state index < -0.39 is 5.91 Å². The highest BCUT2D eigenvalue weighted by Gasteiger charge is 2.18. The van der Waals surface area contributed by atoms with Gasteiger partial charge in [0.1, 0.15) is 0 Å². The lowest BCUT2D eigenvalue weighted by Gasteiger charge is -2.10. The number of amides is 2. The Bertz CT molecular complexity index is 874. The van der Waals surface area contributed by atoms with Crippen molar-refractivity contribution in [1.82, 2.24) is 15.2 Å². The Balaban J connectivity index is 1.60. The van der Waals surface area contributed by atoms with Crippen molar-refractivity contribution < 1.29 is 9.59 Å². The minimum absolute atomic E-state index is 0.181. The molecule has 2 heterocycles. The summed E-state index contributed by atoms with van der Waals surface area (Å²) in [6, 6.07) is 10.3. The Kier molecular flexibility index (Phi) is 5.15. The Hall–Kier alpha value is -2.65. The number of rotatable bonds is 6. The molecule has 0 saturated heterocycles. The van der Waals surface area contributed by atoms with E-state index in [2.05, 4.69) is 20.5 Å². The minimum Gasteiger partial charge on any atom is -0.366 e. The van der Waals surface area contributed by atoms with Crippen molar-refractivity contribution in [2.75, 3.05) is 5.32 Å². The van der Waals surface area contributed by atoms with E-state index in [0.717, 1.165) is 4.88 Å². The molecule has 0 aliphatic carbocycles. The summed E-state index contributed by atoms with van der Waals surface area (Å²) in [5, 5.41) is 11.9. The zero-order chi connectivity index (χ0) is 17.8. The summed E-state index contributed by atoms with van der Waals surface area (Å²) in [4.78, 5) is 28.7. The molecule has 1 atom stereocenters. The molecule has 3 rings (SSSR count). The van der Waals surface area contributed by atoms with Gasteiger partial charge in [-0.15, -0.1) is 16.4 Å². The third-order valence-electron chi connectivity index (χ3n) is 3.31. The molecule has 1 aromatic carbocycles. The van der Waals surface area contributed by atoms with Crippen molar-refractivity contribution in [3.05, 3.63) is 47.3 Å². The third kappa shape index (κ3) is 4.25. The number of hydrogen-bond acceptors (Lipinski definition) is 6. The molecule has 9 heteroatoms.